The third kappa shape index (κ3) is 3.52. The standard InChI is InChI=1S/C20H18Cl2N2O2S2/c1-11-17(25)23(19(27-11)13-3-7-15(21)8-4-13)24-18(26)12(2)28-20(24)14-5-9-16(22)10-6-14/h3-12,19-20H,1-2H3. The van der Waals surface area contributed by atoms with E-state index in [9.17, 15) is 9.59 Å². The molecular formula is C20H18Cl2N2O2S2. The van der Waals surface area contributed by atoms with Crippen molar-refractivity contribution in [3.8, 4) is 0 Å². The van der Waals surface area contributed by atoms with Crippen molar-refractivity contribution in [3.63, 3.8) is 0 Å². The van der Waals surface area contributed by atoms with E-state index in [4.69, 9.17) is 23.2 Å². The predicted octanol–water partition coefficient (Wildman–Crippen LogP) is 5.53. The van der Waals surface area contributed by atoms with Gasteiger partial charge in [0.15, 0.2) is 0 Å². The van der Waals surface area contributed by atoms with E-state index in [-0.39, 0.29) is 33.1 Å². The highest BCUT2D eigenvalue weighted by Gasteiger charge is 2.50. The van der Waals surface area contributed by atoms with Gasteiger partial charge in [-0.05, 0) is 49.2 Å². The lowest BCUT2D eigenvalue weighted by Gasteiger charge is -2.36. The summed E-state index contributed by atoms with van der Waals surface area (Å²) >= 11 is 15.1. The second-order valence-corrected chi connectivity index (χ2v) is 10.5. The van der Waals surface area contributed by atoms with E-state index in [0.717, 1.165) is 11.1 Å². The quantitative estimate of drug-likeness (QED) is 0.613. The van der Waals surface area contributed by atoms with E-state index in [1.807, 2.05) is 62.4 Å². The Kier molecular flexibility index (Phi) is 5.58. The summed E-state index contributed by atoms with van der Waals surface area (Å²) in [5.41, 5.74) is 1.89. The van der Waals surface area contributed by atoms with Crippen LogP contribution in [0.25, 0.3) is 0 Å². The van der Waals surface area contributed by atoms with Crippen molar-refractivity contribution in [2.45, 2.75) is 35.1 Å². The van der Waals surface area contributed by atoms with Crippen molar-refractivity contribution in [2.24, 2.45) is 0 Å². The molecule has 2 saturated heterocycles. The van der Waals surface area contributed by atoms with Gasteiger partial charge in [0, 0.05) is 10.0 Å². The first-order chi connectivity index (χ1) is 13.4. The van der Waals surface area contributed by atoms with Crippen molar-refractivity contribution in [1.29, 1.82) is 0 Å². The lowest BCUT2D eigenvalue weighted by molar-refractivity contribution is -0.163. The van der Waals surface area contributed by atoms with Crippen molar-refractivity contribution < 1.29 is 9.59 Å². The van der Waals surface area contributed by atoms with Crippen LogP contribution in [0.4, 0.5) is 0 Å². The smallest absolute Gasteiger partial charge is 0.255 e. The molecule has 4 atom stereocenters. The molecule has 0 bridgehead atoms. The van der Waals surface area contributed by atoms with Gasteiger partial charge in [0.25, 0.3) is 11.8 Å². The molecule has 2 amide bonds. The first kappa shape index (κ1) is 20.0. The van der Waals surface area contributed by atoms with Crippen LogP contribution < -0.4 is 0 Å². The average Bonchev–Trinajstić information content (AvgIpc) is 3.13. The van der Waals surface area contributed by atoms with Crippen molar-refractivity contribution in [2.75, 3.05) is 0 Å². The second-order valence-electron chi connectivity index (χ2n) is 6.73. The van der Waals surface area contributed by atoms with Crippen LogP contribution >= 0.6 is 46.7 Å². The Morgan fingerprint density at radius 3 is 1.32 bits per heavy atom. The minimum absolute atomic E-state index is 0.0630. The molecule has 8 heteroatoms. The van der Waals surface area contributed by atoms with Crippen molar-refractivity contribution >= 4 is 58.5 Å². The fraction of sp³-hybridized carbons (Fsp3) is 0.300. The highest BCUT2D eigenvalue weighted by atomic mass is 35.5. The Morgan fingerprint density at radius 1 is 0.679 bits per heavy atom. The summed E-state index contributed by atoms with van der Waals surface area (Å²) < 4.78 is 0. The molecule has 2 fully saturated rings. The van der Waals surface area contributed by atoms with E-state index in [1.165, 1.54) is 23.5 Å². The van der Waals surface area contributed by atoms with Gasteiger partial charge in [-0.1, -0.05) is 47.5 Å². The van der Waals surface area contributed by atoms with Crippen LogP contribution in [0, 0.1) is 0 Å². The van der Waals surface area contributed by atoms with Gasteiger partial charge < -0.3 is 0 Å². The number of amides is 2. The topological polar surface area (TPSA) is 40.6 Å². The summed E-state index contributed by atoms with van der Waals surface area (Å²) in [5.74, 6) is -0.126. The number of benzene rings is 2. The van der Waals surface area contributed by atoms with E-state index in [0.29, 0.717) is 10.0 Å². The summed E-state index contributed by atoms with van der Waals surface area (Å²) in [6.45, 7) is 3.76. The SMILES string of the molecule is CC1SC(c2ccc(Cl)cc2)N(N2C(=O)C(C)SC2c2ccc(Cl)cc2)C1=O. The second kappa shape index (κ2) is 7.82. The molecule has 2 aliphatic heterocycles. The molecule has 4 nitrogen and oxygen atoms in total. The number of hydrogen-bond donors (Lipinski definition) is 0. The lowest BCUT2D eigenvalue weighted by Crippen LogP contribution is -2.48. The molecule has 4 unspecified atom stereocenters. The van der Waals surface area contributed by atoms with Gasteiger partial charge in [-0.2, -0.15) is 0 Å². The van der Waals surface area contributed by atoms with Crippen LogP contribution in [0.5, 0.6) is 0 Å². The number of carbonyl (C=O) groups excluding carboxylic acids is 2. The van der Waals surface area contributed by atoms with Gasteiger partial charge in [0.1, 0.15) is 10.7 Å². The van der Waals surface area contributed by atoms with Gasteiger partial charge in [0.05, 0.1) is 10.5 Å². The minimum Gasteiger partial charge on any atom is -0.272 e. The zero-order valence-electron chi connectivity index (χ0n) is 15.2. The lowest BCUT2D eigenvalue weighted by atomic mass is 10.2. The monoisotopic (exact) mass is 452 g/mol. The Labute approximate surface area is 182 Å². The van der Waals surface area contributed by atoms with E-state index >= 15 is 0 Å². The fourth-order valence-electron chi connectivity index (χ4n) is 3.35. The number of halogens is 2. The van der Waals surface area contributed by atoms with E-state index < -0.39 is 0 Å². The van der Waals surface area contributed by atoms with Crippen LogP contribution in [-0.4, -0.2) is 32.3 Å². The third-order valence-electron chi connectivity index (χ3n) is 4.80. The Bertz CT molecular complexity index is 832. The number of nitrogens with zero attached hydrogens (tertiary/aromatic N) is 2. The largest absolute Gasteiger partial charge is 0.272 e. The molecule has 2 aromatic rings. The van der Waals surface area contributed by atoms with Gasteiger partial charge in [-0.15, -0.1) is 23.5 Å². The van der Waals surface area contributed by atoms with E-state index in [1.54, 1.807) is 10.0 Å². The maximum absolute atomic E-state index is 13.1. The molecule has 2 heterocycles. The van der Waals surface area contributed by atoms with Crippen LogP contribution in [0.1, 0.15) is 35.7 Å². The van der Waals surface area contributed by atoms with Crippen molar-refractivity contribution in [3.05, 3.63) is 69.7 Å². The predicted molar refractivity (Wildman–Crippen MR) is 116 cm³/mol. The Hall–Kier alpha value is -1.34. The summed E-state index contributed by atoms with van der Waals surface area (Å²) in [4.78, 5) is 26.2. The Balaban J connectivity index is 1.75. The fourth-order valence-corrected chi connectivity index (χ4v) is 6.10. The molecule has 0 aromatic heterocycles. The van der Waals surface area contributed by atoms with E-state index in [2.05, 4.69) is 0 Å². The highest BCUT2D eigenvalue weighted by molar-refractivity contribution is 8.01. The molecular weight excluding hydrogens is 435 g/mol. The molecule has 2 aromatic carbocycles. The van der Waals surface area contributed by atoms with Gasteiger partial charge in [-0.3, -0.25) is 9.59 Å². The van der Waals surface area contributed by atoms with Crippen LogP contribution in [0.2, 0.25) is 10.0 Å². The summed E-state index contributed by atoms with van der Waals surface area (Å²) in [6, 6.07) is 14.9. The maximum Gasteiger partial charge on any atom is 0.255 e. The normalized spacial score (nSPS) is 27.7. The summed E-state index contributed by atoms with van der Waals surface area (Å²) in [7, 11) is 0. The van der Waals surface area contributed by atoms with Crippen LogP contribution in [0.3, 0.4) is 0 Å². The molecule has 0 saturated carbocycles. The number of thioether (sulfide) groups is 2. The minimum atomic E-state index is -0.274. The maximum atomic E-state index is 13.1. The summed E-state index contributed by atoms with van der Waals surface area (Å²) in [6.07, 6.45) is 0. The molecule has 0 N–H and O–H groups in total. The number of rotatable bonds is 3. The number of hydrogen-bond acceptors (Lipinski definition) is 4. The molecule has 4 rings (SSSR count). The zero-order valence-corrected chi connectivity index (χ0v) is 18.4. The first-order valence-corrected chi connectivity index (χ1v) is 11.5. The molecule has 146 valence electrons. The van der Waals surface area contributed by atoms with Crippen LogP contribution in [-0.2, 0) is 9.59 Å². The highest BCUT2D eigenvalue weighted by Crippen LogP contribution is 2.51. The first-order valence-electron chi connectivity index (χ1n) is 8.84. The van der Waals surface area contributed by atoms with Crippen molar-refractivity contribution in [1.82, 2.24) is 10.0 Å². The number of carbonyl (C=O) groups is 2. The third-order valence-corrected chi connectivity index (χ3v) is 7.98. The molecule has 28 heavy (non-hydrogen) atoms. The van der Waals surface area contributed by atoms with Gasteiger partial charge in [-0.25, -0.2) is 10.0 Å². The number of hydrazine groups is 1. The summed E-state index contributed by atoms with van der Waals surface area (Å²) in [5, 5.41) is 3.53. The van der Waals surface area contributed by atoms with Gasteiger partial charge >= 0.3 is 0 Å². The van der Waals surface area contributed by atoms with Gasteiger partial charge in [0.2, 0.25) is 0 Å². The average molecular weight is 453 g/mol. The molecule has 0 aliphatic carbocycles. The zero-order chi connectivity index (χ0) is 20.0. The molecule has 0 spiro atoms. The Morgan fingerprint density at radius 2 is 1.00 bits per heavy atom. The molecule has 0 radical (unpaired) electrons. The molecule has 2 aliphatic rings. The van der Waals surface area contributed by atoms with Crippen LogP contribution in [0.15, 0.2) is 48.5 Å².